The topological polar surface area (TPSA) is 173 Å². The van der Waals surface area contributed by atoms with E-state index in [1.54, 1.807) is 0 Å². The first kappa shape index (κ1) is 38.7. The molecule has 1 fully saturated rings. The van der Waals surface area contributed by atoms with Gasteiger partial charge in [0.15, 0.2) is 23.9 Å². The molecular formula is C32H33Cl2F2N3O10S. The molecule has 0 radical (unpaired) electrons. The minimum atomic E-state index is -3.77. The number of hydrogen-bond acceptors (Lipinski definition) is 10. The number of benzene rings is 2. The first-order valence-corrected chi connectivity index (χ1v) is 17.6. The van der Waals surface area contributed by atoms with Gasteiger partial charge < -0.3 is 24.4 Å². The van der Waals surface area contributed by atoms with E-state index in [2.05, 4.69) is 9.72 Å². The van der Waals surface area contributed by atoms with Crippen LogP contribution in [0.1, 0.15) is 50.8 Å². The summed E-state index contributed by atoms with van der Waals surface area (Å²) in [5, 5.41) is 0.447. The molecule has 1 saturated carbocycles. The zero-order chi connectivity index (χ0) is 35.5. The molecule has 3 aromatic rings. The standard InChI is InChI=1S/C32H31Cl2F2N3O9S.H2O/c1-45-10-9-39(49(2,43)44)20-6-7-21-22(12-20)31(42)38(30(21)41)16-29(40)47-27(13-23-24(33)14-37-15-25(23)34)19-5-8-26(48-32(35)36)28(11-19)46-17-18-3-4-18;/h5-8,11-12,14-15,18,27,32H,3-4,9-10,13,16-17H2,1-2H3;1H2/t27-;/m0./s1. The van der Waals surface area contributed by atoms with Crippen molar-refractivity contribution in [1.82, 2.24) is 4.90 Å². The summed E-state index contributed by atoms with van der Waals surface area (Å²) in [4.78, 5) is 43.5. The number of nitrogens with zero attached hydrogens (tertiary/aromatic N) is 2. The van der Waals surface area contributed by atoms with Crippen molar-refractivity contribution >= 4 is 56.7 Å². The van der Waals surface area contributed by atoms with Crippen molar-refractivity contribution in [3.05, 3.63) is 81.1 Å². The number of carbonyl (C=O) groups is 3. The molecule has 2 aliphatic rings. The largest absolute Gasteiger partial charge is 0.870 e. The van der Waals surface area contributed by atoms with Crippen molar-refractivity contribution in [3.8, 4) is 11.5 Å². The Morgan fingerprint density at radius 2 is 1.72 bits per heavy atom. The van der Waals surface area contributed by atoms with Crippen LogP contribution in [0.15, 0.2) is 48.8 Å². The highest BCUT2D eigenvalue weighted by atomic mass is 35.5. The molecule has 0 saturated heterocycles. The minimum Gasteiger partial charge on any atom is -0.870 e. The van der Waals surface area contributed by atoms with Crippen molar-refractivity contribution in [1.29, 1.82) is 0 Å². The molecule has 0 spiro atoms. The highest BCUT2D eigenvalue weighted by molar-refractivity contribution is 7.92. The molecule has 18 heteroatoms. The van der Waals surface area contributed by atoms with Crippen molar-refractivity contribution in [2.45, 2.75) is 32.0 Å². The second kappa shape index (κ2) is 16.3. The summed E-state index contributed by atoms with van der Waals surface area (Å²) in [6, 6.07) is 8.05. The minimum absolute atomic E-state index is 0. The van der Waals surface area contributed by atoms with Gasteiger partial charge in [0.2, 0.25) is 10.0 Å². The van der Waals surface area contributed by atoms with Crippen LogP contribution >= 0.6 is 23.2 Å². The average Bonchev–Trinajstić information content (AvgIpc) is 3.84. The number of hydrogen-bond donors (Lipinski definition) is 0. The zero-order valence-corrected chi connectivity index (χ0v) is 29.1. The van der Waals surface area contributed by atoms with Gasteiger partial charge in [0, 0.05) is 19.1 Å². The molecule has 1 aliphatic carbocycles. The van der Waals surface area contributed by atoms with Crippen LogP contribution in [0.25, 0.3) is 0 Å². The second-order valence-electron chi connectivity index (χ2n) is 11.4. The highest BCUT2D eigenvalue weighted by Crippen LogP contribution is 2.38. The van der Waals surface area contributed by atoms with Gasteiger partial charge in [0.1, 0.15) is 22.7 Å². The van der Waals surface area contributed by atoms with E-state index in [1.165, 1.54) is 55.9 Å². The first-order valence-electron chi connectivity index (χ1n) is 15.0. The number of ether oxygens (including phenoxy) is 4. The summed E-state index contributed by atoms with van der Waals surface area (Å²) in [6.45, 7) is -3.60. The molecule has 0 unspecified atom stereocenters. The molecule has 2 heterocycles. The Kier molecular flexibility index (Phi) is 12.6. The van der Waals surface area contributed by atoms with Gasteiger partial charge in [-0.2, -0.15) is 8.78 Å². The average molecular weight is 761 g/mol. The Hall–Kier alpha value is -4.09. The number of esters is 1. The number of halogens is 4. The van der Waals surface area contributed by atoms with E-state index in [1.807, 2.05) is 0 Å². The van der Waals surface area contributed by atoms with Gasteiger partial charge in [0.25, 0.3) is 11.8 Å². The smallest absolute Gasteiger partial charge is 0.387 e. The maximum Gasteiger partial charge on any atom is 0.387 e. The van der Waals surface area contributed by atoms with Gasteiger partial charge in [0.05, 0.1) is 42.8 Å². The van der Waals surface area contributed by atoms with Gasteiger partial charge in [-0.3, -0.25) is 23.6 Å². The van der Waals surface area contributed by atoms with Crippen LogP contribution in [0.4, 0.5) is 14.5 Å². The lowest BCUT2D eigenvalue weighted by Crippen LogP contribution is -2.36. The van der Waals surface area contributed by atoms with E-state index >= 15 is 0 Å². The molecule has 0 bridgehead atoms. The number of alkyl halides is 2. The fourth-order valence-corrected chi connectivity index (χ4v) is 6.61. The number of pyridine rings is 1. The Bertz CT molecular complexity index is 1840. The number of carbonyl (C=O) groups excluding carboxylic acids is 3. The van der Waals surface area contributed by atoms with E-state index < -0.39 is 47.1 Å². The normalized spacial score (nSPS) is 14.7. The molecule has 1 aliphatic heterocycles. The predicted octanol–water partition coefficient (Wildman–Crippen LogP) is 4.56. The zero-order valence-electron chi connectivity index (χ0n) is 26.7. The third-order valence-electron chi connectivity index (χ3n) is 7.82. The lowest BCUT2D eigenvalue weighted by molar-refractivity contribution is -0.377. The third-order valence-corrected chi connectivity index (χ3v) is 9.68. The fourth-order valence-electron chi connectivity index (χ4n) is 5.17. The van der Waals surface area contributed by atoms with Crippen LogP contribution in [-0.4, -0.2) is 82.9 Å². The number of aromatic amines is 1. The summed E-state index contributed by atoms with van der Waals surface area (Å²) >= 11 is 12.8. The van der Waals surface area contributed by atoms with Gasteiger partial charge in [-0.1, -0.05) is 29.3 Å². The molecule has 50 heavy (non-hydrogen) atoms. The molecule has 13 nitrogen and oxygen atoms in total. The summed E-state index contributed by atoms with van der Waals surface area (Å²) in [5.74, 6) is -2.52. The SMILES string of the molecule is COCCN(c1ccc2c(c1)C(=O)N(CC(=O)O[C@@H](Cc1c(Cl)c[nH+]cc1Cl)c1ccc(OC(F)F)c(OCC3CC3)c1)C2=O)S(C)(=O)=O.[OH-]. The number of aromatic nitrogens is 1. The Morgan fingerprint density at radius 3 is 2.34 bits per heavy atom. The van der Waals surface area contributed by atoms with Crippen LogP contribution < -0.4 is 18.8 Å². The summed E-state index contributed by atoms with van der Waals surface area (Å²) in [7, 11) is -2.36. The Balaban J connectivity index is 0.00000562. The van der Waals surface area contributed by atoms with Gasteiger partial charge in [-0.25, -0.2) is 13.4 Å². The highest BCUT2D eigenvalue weighted by Gasteiger charge is 2.38. The third kappa shape index (κ3) is 9.17. The number of methoxy groups -OCH3 is 1. The van der Waals surface area contributed by atoms with E-state index in [-0.39, 0.29) is 75.9 Å². The molecular weight excluding hydrogens is 727 g/mol. The van der Waals surface area contributed by atoms with Crippen molar-refractivity contribution < 1.29 is 61.0 Å². The van der Waals surface area contributed by atoms with E-state index in [0.29, 0.717) is 16.0 Å². The maximum atomic E-state index is 13.4. The second-order valence-corrected chi connectivity index (χ2v) is 14.1. The number of imide groups is 1. The van der Waals surface area contributed by atoms with E-state index in [4.69, 9.17) is 37.4 Å². The molecule has 2 N–H and O–H groups in total. The Labute approximate surface area is 296 Å². The number of fused-ring (bicyclic) bond motifs is 1. The van der Waals surface area contributed by atoms with E-state index in [9.17, 15) is 31.6 Å². The predicted molar refractivity (Wildman–Crippen MR) is 175 cm³/mol. The van der Waals surface area contributed by atoms with Crippen LogP contribution in [0, 0.1) is 5.92 Å². The maximum absolute atomic E-state index is 13.4. The van der Waals surface area contributed by atoms with Gasteiger partial charge in [-0.05, 0) is 54.7 Å². The quantitative estimate of drug-likeness (QED) is 0.149. The molecule has 2 aromatic carbocycles. The summed E-state index contributed by atoms with van der Waals surface area (Å²) in [6.07, 6.45) is 4.60. The summed E-state index contributed by atoms with van der Waals surface area (Å²) < 4.78 is 73.5. The molecule has 5 rings (SSSR count). The number of rotatable bonds is 16. The lowest BCUT2D eigenvalue weighted by Gasteiger charge is -2.22. The van der Waals surface area contributed by atoms with Crippen molar-refractivity contribution in [2.75, 3.05) is 44.0 Å². The van der Waals surface area contributed by atoms with Crippen LogP contribution in [0.2, 0.25) is 10.0 Å². The number of amides is 2. The van der Waals surface area contributed by atoms with Crippen LogP contribution in [0.3, 0.4) is 0 Å². The number of sulfonamides is 1. The molecule has 270 valence electrons. The monoisotopic (exact) mass is 759 g/mol. The first-order chi connectivity index (χ1) is 23.3. The Morgan fingerprint density at radius 1 is 1.04 bits per heavy atom. The summed E-state index contributed by atoms with van der Waals surface area (Å²) in [5.41, 5.74) is 0.723. The number of anilines is 1. The molecule has 1 aromatic heterocycles. The molecule has 2 amide bonds. The van der Waals surface area contributed by atoms with Gasteiger partial charge in [-0.15, -0.1) is 0 Å². The van der Waals surface area contributed by atoms with Crippen molar-refractivity contribution in [2.24, 2.45) is 5.92 Å². The number of nitrogens with one attached hydrogen (secondary N) is 1. The van der Waals surface area contributed by atoms with Crippen LogP contribution in [-0.2, 0) is 30.7 Å². The van der Waals surface area contributed by atoms with Crippen LogP contribution in [0.5, 0.6) is 11.5 Å². The van der Waals surface area contributed by atoms with Gasteiger partial charge >= 0.3 is 12.6 Å². The molecule has 1 atom stereocenters. The van der Waals surface area contributed by atoms with E-state index in [0.717, 1.165) is 23.4 Å². The van der Waals surface area contributed by atoms with Crippen molar-refractivity contribution in [3.63, 3.8) is 0 Å². The number of H-pyrrole nitrogens is 1. The fraction of sp³-hybridized carbons (Fsp3) is 0.375. The lowest BCUT2D eigenvalue weighted by atomic mass is 10.0.